The third-order valence-electron chi connectivity index (χ3n) is 21.4. The summed E-state index contributed by atoms with van der Waals surface area (Å²) < 4.78 is 99.8. The number of carbonyl (C=O) groups excluding carboxylic acids is 4. The van der Waals surface area contributed by atoms with Crippen molar-refractivity contribution >= 4 is 29.6 Å². The zero-order valence-corrected chi connectivity index (χ0v) is 63.1. The highest BCUT2D eigenvalue weighted by atomic mass is 16.8. The van der Waals surface area contributed by atoms with Crippen LogP contribution in [0.1, 0.15) is 34.1 Å². The van der Waals surface area contributed by atoms with Crippen molar-refractivity contribution in [3.63, 3.8) is 0 Å². The molecule has 46 atom stereocenters. The third-order valence-corrected chi connectivity index (χ3v) is 21.4. The van der Waals surface area contributed by atoms with Gasteiger partial charge in [-0.15, -0.1) is 0 Å². The molecule has 0 saturated carbocycles. The van der Waals surface area contributed by atoms with Crippen LogP contribution < -0.4 is 21.3 Å². The predicted molar refractivity (Wildman–Crippen MR) is 361 cm³/mol. The zero-order valence-electron chi connectivity index (χ0n) is 63.1. The lowest BCUT2D eigenvalue weighted by molar-refractivity contribution is -0.400. The van der Waals surface area contributed by atoms with Gasteiger partial charge in [-0.3, -0.25) is 19.2 Å². The Bertz CT molecular complexity index is 3210. The number of ether oxygens (including phenoxy) is 17. The fourth-order valence-electron chi connectivity index (χ4n) is 15.0. The maximum Gasteiger partial charge on any atom is 0.364 e. The first-order valence-electron chi connectivity index (χ1n) is 37.3. The molecule has 0 radical (unpaired) electrons. The Kier molecular flexibility index (Phi) is 34.7. The highest BCUT2D eigenvalue weighted by molar-refractivity contribution is 5.78. The number of aliphatic hydroxyl groups is 26. The number of hydrogen-bond donors (Lipinski definition) is 31. The smallest absolute Gasteiger partial charge is 0.364 e. The monoisotopic (exact) mass is 1730 g/mol. The van der Waals surface area contributed by atoms with Crippen LogP contribution in [0.4, 0.5) is 0 Å². The molecule has 9 aliphatic rings. The van der Waals surface area contributed by atoms with Crippen molar-refractivity contribution < 1.29 is 242 Å². The molecule has 0 bridgehead atoms. The standard InChI is InChI=1S/C65H108N4O49/c1-15-33(83)42(92)45(95)59(104-15)103-14-27-51(39(89)30(56(99)105-27)66-16(2)77)112-57-31(67-17(3)78)40(90)49(24(10-74)109-57)113-61-47(97)53(38(88)26(111-61)13-102-60-46(96)43(93)35(85)21(7-71)106-60)115-63-55(44(94)36(86)22(8-72)108-63)116-58-32(68-18(4)79)41(91)50(25(11-75)110-58)114-62-48(98)54(37(87)23(9-73)107-62)118-65(64(100)101)5-19(80)29(69-28(82)12-76)52(117-65)34(84)20(81)6-70/h15,19-27,29-63,70-76,80-81,83-99H,5-14H2,1-4H3,(H,66,77)(H,67,78)(H,68,79)(H,69,82)(H,100,101)/t15-,19+,20-,21-,22-,23-,24-,25-,26-,27-,29-,30-,31-,32-,33+,34-,35-,36-,37+,38-,39-,40-,41-,42+,43+,44+,45-,46+,47+,48-,49-,50-,51-,52-,53+,54+,55+,56+,57+,58+,59+,60+,61+,62+,63-,65+/m1/s1. The molecule has 9 aliphatic heterocycles. The van der Waals surface area contributed by atoms with Crippen molar-refractivity contribution in [2.24, 2.45) is 0 Å². The second-order valence-corrected chi connectivity index (χ2v) is 29.6. The molecule has 4 amide bonds. The van der Waals surface area contributed by atoms with E-state index in [1.165, 1.54) is 6.92 Å². The summed E-state index contributed by atoms with van der Waals surface area (Å²) in [5, 5.41) is 308. The molecule has 0 aromatic carbocycles. The van der Waals surface area contributed by atoms with E-state index in [1.807, 2.05) is 0 Å². The van der Waals surface area contributed by atoms with Crippen molar-refractivity contribution in [3.05, 3.63) is 0 Å². The van der Waals surface area contributed by atoms with Crippen LogP contribution >= 0.6 is 0 Å². The first-order valence-corrected chi connectivity index (χ1v) is 37.3. The Morgan fingerprint density at radius 3 is 1.28 bits per heavy atom. The van der Waals surface area contributed by atoms with E-state index >= 15 is 0 Å². The van der Waals surface area contributed by atoms with Crippen LogP contribution in [0.2, 0.25) is 0 Å². The summed E-state index contributed by atoms with van der Waals surface area (Å²) in [4.78, 5) is 64.2. The highest BCUT2D eigenvalue weighted by Gasteiger charge is 2.63. The van der Waals surface area contributed by atoms with Crippen LogP contribution in [0.3, 0.4) is 0 Å². The van der Waals surface area contributed by atoms with Crippen LogP contribution in [0.15, 0.2) is 0 Å². The molecule has 9 rings (SSSR count). The van der Waals surface area contributed by atoms with E-state index in [9.17, 15) is 162 Å². The van der Waals surface area contributed by atoms with E-state index in [2.05, 4.69) is 21.3 Å². The third kappa shape index (κ3) is 21.4. The average molecular weight is 1730 g/mol. The summed E-state index contributed by atoms with van der Waals surface area (Å²) in [5.74, 6) is -9.64. The predicted octanol–water partition coefficient (Wildman–Crippen LogP) is -20.8. The van der Waals surface area contributed by atoms with Gasteiger partial charge in [0.2, 0.25) is 23.6 Å². The number of aliphatic carboxylic acids is 1. The Balaban J connectivity index is 1.00. The summed E-state index contributed by atoms with van der Waals surface area (Å²) >= 11 is 0. The SMILES string of the molecule is CC(=O)N[C@@H]1[C@@H](O)[C@H](O[C@@H]2O[C@H](CO)[C@@H](O[C@@H]3O[C@H](CO[C@H]4O[C@H](CO)[C@@H](O)[C@H](O)[C@@H]4O)[C@@H](O)[C@H](O[C@H]4O[C@H](CO)[C@@H](O)[C@H](O)[C@@H]4O[C@@H]4O[C@H](CO)[C@@H](O[C@@H]5O[C@H](CO)[C@H](O)[C@H](O[C@]6(C(=O)O)C[C@H](O)[C@@H](NC(=O)CO)[C@H]([C@H](O)[C@H](O)CO)O6)[C@H]5O)[C@H](O)[C@H]4NC(C)=O)[C@@H]3O)[C@H](O)[C@H]2NC(C)=O)[C@@H](CO[C@H]2O[C@H](C)[C@H](O)[C@H](O)[C@H]2O)O[C@@H]1O. The van der Waals surface area contributed by atoms with Crippen LogP contribution in [-0.2, 0) is 104 Å². The summed E-state index contributed by atoms with van der Waals surface area (Å²) in [5.41, 5.74) is 0. The van der Waals surface area contributed by atoms with Gasteiger partial charge >= 0.3 is 5.97 Å². The molecular weight excluding hydrogens is 1620 g/mol. The fraction of sp³-hybridized carbons (Fsp3) is 0.923. The molecule has 0 spiro atoms. The molecular formula is C65H108N4O49. The number of aliphatic hydroxyl groups excluding tert-OH is 26. The molecule has 53 nitrogen and oxygen atoms in total. The highest BCUT2D eigenvalue weighted by Crippen LogP contribution is 2.42. The second kappa shape index (κ2) is 42.1. The van der Waals surface area contributed by atoms with E-state index in [0.717, 1.165) is 20.8 Å². The number of carboxylic acid groups (broad SMARTS) is 1. The Morgan fingerprint density at radius 1 is 0.381 bits per heavy atom. The van der Waals surface area contributed by atoms with Gasteiger partial charge in [-0.05, 0) is 6.92 Å². The number of nitrogens with one attached hydrogen (secondary N) is 4. The molecule has 53 heteroatoms. The van der Waals surface area contributed by atoms with E-state index in [4.69, 9.17) is 80.5 Å². The van der Waals surface area contributed by atoms with Crippen LogP contribution in [0, 0.1) is 0 Å². The number of carboxylic acids is 1. The lowest BCUT2D eigenvalue weighted by Gasteiger charge is -2.51. The molecule has 9 saturated heterocycles. The zero-order chi connectivity index (χ0) is 87.3. The average Bonchev–Trinajstić information content (AvgIpc) is 0.751. The van der Waals surface area contributed by atoms with Crippen molar-refractivity contribution in [2.45, 2.75) is 316 Å². The van der Waals surface area contributed by atoms with E-state index in [0.29, 0.717) is 0 Å². The minimum Gasteiger partial charge on any atom is -0.477 e. The van der Waals surface area contributed by atoms with Gasteiger partial charge in [-0.25, -0.2) is 4.79 Å². The largest absolute Gasteiger partial charge is 0.477 e. The molecule has 0 unspecified atom stereocenters. The van der Waals surface area contributed by atoms with Gasteiger partial charge in [0.05, 0.1) is 71.1 Å². The van der Waals surface area contributed by atoms with E-state index in [1.54, 1.807) is 0 Å². The lowest BCUT2D eigenvalue weighted by Crippen LogP contribution is -2.71. The summed E-state index contributed by atoms with van der Waals surface area (Å²) in [6, 6.07) is -7.72. The molecule has 0 aromatic rings. The Morgan fingerprint density at radius 2 is 0.780 bits per heavy atom. The number of hydrogen-bond acceptors (Lipinski definition) is 48. The molecule has 9 heterocycles. The van der Waals surface area contributed by atoms with Gasteiger partial charge in [0.25, 0.3) is 5.79 Å². The normalized spacial score (nSPS) is 47.6. The van der Waals surface area contributed by atoms with Gasteiger partial charge in [-0.1, -0.05) is 0 Å². The van der Waals surface area contributed by atoms with Crippen LogP contribution in [0.5, 0.6) is 0 Å². The molecule has 682 valence electrons. The molecule has 0 aliphatic carbocycles. The lowest BCUT2D eigenvalue weighted by atomic mass is 9.88. The first-order chi connectivity index (χ1) is 55.6. The molecule has 118 heavy (non-hydrogen) atoms. The van der Waals surface area contributed by atoms with Crippen molar-refractivity contribution in [2.75, 3.05) is 59.5 Å². The number of rotatable bonds is 32. The molecule has 0 aromatic heterocycles. The van der Waals surface area contributed by atoms with E-state index in [-0.39, 0.29) is 0 Å². The van der Waals surface area contributed by atoms with Gasteiger partial charge in [-0.2, -0.15) is 0 Å². The maximum absolute atomic E-state index is 13.3. The summed E-state index contributed by atoms with van der Waals surface area (Å²) in [6.07, 6.45) is -88.8. The minimum atomic E-state index is -3.36. The first kappa shape index (κ1) is 97.4. The minimum absolute atomic E-state index is 0.832. The second-order valence-electron chi connectivity index (χ2n) is 29.6. The quantitative estimate of drug-likeness (QED) is 0.0297. The van der Waals surface area contributed by atoms with Crippen LogP contribution in [0.25, 0.3) is 0 Å². The van der Waals surface area contributed by atoms with Gasteiger partial charge in [0.1, 0.15) is 214 Å². The summed E-state index contributed by atoms with van der Waals surface area (Å²) in [7, 11) is 0. The van der Waals surface area contributed by atoms with Gasteiger partial charge in [0.15, 0.2) is 50.3 Å². The summed E-state index contributed by atoms with van der Waals surface area (Å²) in [6.45, 7) is -6.27. The molecule has 9 fully saturated rings. The van der Waals surface area contributed by atoms with Crippen molar-refractivity contribution in [3.8, 4) is 0 Å². The fourth-order valence-corrected chi connectivity index (χ4v) is 15.0. The van der Waals surface area contributed by atoms with Crippen LogP contribution in [-0.4, -0.2) is 509 Å². The number of amides is 4. The van der Waals surface area contributed by atoms with Gasteiger partial charge in [0, 0.05) is 27.2 Å². The van der Waals surface area contributed by atoms with E-state index < -0.39 is 377 Å². The van der Waals surface area contributed by atoms with Crippen molar-refractivity contribution in [1.29, 1.82) is 0 Å². The maximum atomic E-state index is 13.3. The number of carbonyl (C=O) groups is 5. The van der Waals surface area contributed by atoms with Crippen molar-refractivity contribution in [1.82, 2.24) is 21.3 Å². The topological polar surface area (TPSA) is 837 Å². The Labute approximate surface area is 666 Å². The van der Waals surface area contributed by atoms with Gasteiger partial charge < -0.3 is 240 Å². The molecule has 31 N–H and O–H groups in total. The Hall–Kier alpha value is -4.37.